The molecule has 1 aliphatic rings. The van der Waals surface area contributed by atoms with Crippen LogP contribution in [0, 0.1) is 19.3 Å². The van der Waals surface area contributed by atoms with Crippen LogP contribution in [0.25, 0.3) is 0 Å². The van der Waals surface area contributed by atoms with E-state index < -0.39 is 12.2 Å². The molecule has 0 aliphatic heterocycles. The Hall–Kier alpha value is -1.71. The van der Waals surface area contributed by atoms with Crippen molar-refractivity contribution >= 4 is 0 Å². The molecule has 0 bridgehead atoms. The molecule has 3 rings (SSSR count). The molecule has 0 saturated carbocycles. The summed E-state index contributed by atoms with van der Waals surface area (Å²) in [4.78, 5) is 4.96. The van der Waals surface area contributed by atoms with Gasteiger partial charge < -0.3 is 10.2 Å². The van der Waals surface area contributed by atoms with Gasteiger partial charge in [0.25, 0.3) is 0 Å². The Balaban J connectivity index is 2.19. The summed E-state index contributed by atoms with van der Waals surface area (Å²) in [7, 11) is 0. The number of fused-ring (bicyclic) bond motifs is 1. The van der Waals surface area contributed by atoms with E-state index >= 15 is 0 Å². The van der Waals surface area contributed by atoms with Gasteiger partial charge in [0, 0.05) is 22.5 Å². The fraction of sp³-hybridized carbons (Fsp3) is 0.522. The van der Waals surface area contributed by atoms with Crippen molar-refractivity contribution in [2.75, 3.05) is 0 Å². The van der Waals surface area contributed by atoms with Crippen LogP contribution in [0.5, 0.6) is 0 Å². The minimum atomic E-state index is -0.729. The van der Waals surface area contributed by atoms with E-state index in [2.05, 4.69) is 27.7 Å². The number of aliphatic hydroxyl groups excluding tert-OH is 2. The van der Waals surface area contributed by atoms with Gasteiger partial charge in [-0.25, -0.2) is 0 Å². The third kappa shape index (κ3) is 3.43. The standard InChI is InChI=1S/C23H31NO2/c1-13(2)21-20(22(26)16-9-7-14(3)8-10-16)15(4)19-17(24-21)11-23(5,6)12-18(19)25/h7-10,13,18,22,25-26H,11-12H2,1-6H3/t18?,22-/m0/s1. The minimum absolute atomic E-state index is 0.0389. The molecule has 1 aromatic heterocycles. The molecule has 0 amide bonds. The predicted octanol–water partition coefficient (Wildman–Crippen LogP) is 4.91. The van der Waals surface area contributed by atoms with Gasteiger partial charge >= 0.3 is 0 Å². The molecule has 0 radical (unpaired) electrons. The van der Waals surface area contributed by atoms with Gasteiger partial charge in [-0.1, -0.05) is 57.5 Å². The average Bonchev–Trinajstić information content (AvgIpc) is 2.52. The molecule has 0 fully saturated rings. The molecular weight excluding hydrogens is 322 g/mol. The topological polar surface area (TPSA) is 53.4 Å². The van der Waals surface area contributed by atoms with Crippen LogP contribution in [0.2, 0.25) is 0 Å². The Bertz CT molecular complexity index is 806. The second kappa shape index (κ2) is 6.79. The summed E-state index contributed by atoms with van der Waals surface area (Å²) in [5, 5.41) is 22.0. The van der Waals surface area contributed by atoms with Crippen molar-refractivity contribution in [1.29, 1.82) is 0 Å². The first kappa shape index (κ1) is 19.1. The maximum absolute atomic E-state index is 11.2. The Kier molecular flexibility index (Phi) is 4.98. The summed E-state index contributed by atoms with van der Waals surface area (Å²) in [6, 6.07) is 7.99. The summed E-state index contributed by atoms with van der Waals surface area (Å²) in [6.45, 7) is 12.7. The van der Waals surface area contributed by atoms with Gasteiger partial charge in [0.2, 0.25) is 0 Å². The molecular formula is C23H31NO2. The minimum Gasteiger partial charge on any atom is -0.388 e. The van der Waals surface area contributed by atoms with Crippen molar-refractivity contribution in [2.24, 2.45) is 5.41 Å². The number of aliphatic hydroxyl groups is 2. The lowest BCUT2D eigenvalue weighted by Gasteiger charge is -2.36. The Labute approximate surface area is 157 Å². The number of aryl methyl sites for hydroxylation is 1. The molecule has 1 unspecified atom stereocenters. The van der Waals surface area contributed by atoms with Crippen molar-refractivity contribution in [3.05, 3.63) is 63.5 Å². The number of hydrogen-bond donors (Lipinski definition) is 2. The van der Waals surface area contributed by atoms with Crippen LogP contribution in [0.4, 0.5) is 0 Å². The van der Waals surface area contributed by atoms with Gasteiger partial charge in [-0.3, -0.25) is 4.98 Å². The van der Waals surface area contributed by atoms with Crippen LogP contribution in [-0.4, -0.2) is 15.2 Å². The summed E-state index contributed by atoms with van der Waals surface area (Å²) < 4.78 is 0. The monoisotopic (exact) mass is 353 g/mol. The van der Waals surface area contributed by atoms with Gasteiger partial charge in [-0.2, -0.15) is 0 Å². The third-order valence-electron chi connectivity index (χ3n) is 5.59. The maximum Gasteiger partial charge on any atom is 0.106 e. The van der Waals surface area contributed by atoms with Gasteiger partial charge in [-0.15, -0.1) is 0 Å². The van der Waals surface area contributed by atoms with Crippen molar-refractivity contribution in [3.63, 3.8) is 0 Å². The fourth-order valence-corrected chi connectivity index (χ4v) is 4.25. The van der Waals surface area contributed by atoms with Crippen LogP contribution in [0.15, 0.2) is 24.3 Å². The molecule has 2 N–H and O–H groups in total. The number of hydrogen-bond acceptors (Lipinski definition) is 3. The smallest absolute Gasteiger partial charge is 0.106 e. The number of rotatable bonds is 3. The van der Waals surface area contributed by atoms with E-state index in [1.165, 1.54) is 5.56 Å². The van der Waals surface area contributed by atoms with Crippen molar-refractivity contribution < 1.29 is 10.2 Å². The molecule has 140 valence electrons. The van der Waals surface area contributed by atoms with Crippen LogP contribution < -0.4 is 0 Å². The Morgan fingerprint density at radius 2 is 1.73 bits per heavy atom. The molecule has 2 aromatic rings. The number of nitrogens with zero attached hydrogens (tertiary/aromatic N) is 1. The zero-order chi connectivity index (χ0) is 19.2. The maximum atomic E-state index is 11.2. The van der Waals surface area contributed by atoms with Crippen LogP contribution in [0.1, 0.15) is 91.4 Å². The first-order valence-corrected chi connectivity index (χ1v) is 9.56. The molecule has 3 nitrogen and oxygen atoms in total. The van der Waals surface area contributed by atoms with Crippen LogP contribution in [0.3, 0.4) is 0 Å². The normalized spacial score (nSPS) is 20.1. The lowest BCUT2D eigenvalue weighted by atomic mass is 9.72. The highest BCUT2D eigenvalue weighted by Gasteiger charge is 2.36. The van der Waals surface area contributed by atoms with Crippen molar-refractivity contribution in [1.82, 2.24) is 4.98 Å². The summed E-state index contributed by atoms with van der Waals surface area (Å²) in [5.41, 5.74) is 6.80. The summed E-state index contributed by atoms with van der Waals surface area (Å²) in [5.74, 6) is 0.205. The van der Waals surface area contributed by atoms with E-state index in [9.17, 15) is 10.2 Å². The highest BCUT2D eigenvalue weighted by Crippen LogP contribution is 2.44. The van der Waals surface area contributed by atoms with Crippen LogP contribution >= 0.6 is 0 Å². The fourth-order valence-electron chi connectivity index (χ4n) is 4.25. The zero-order valence-corrected chi connectivity index (χ0v) is 16.8. The molecule has 0 saturated heterocycles. The molecule has 1 aromatic carbocycles. The van der Waals surface area contributed by atoms with E-state index in [1.807, 2.05) is 38.1 Å². The number of pyridine rings is 1. The van der Waals surface area contributed by atoms with E-state index in [1.54, 1.807) is 0 Å². The predicted molar refractivity (Wildman–Crippen MR) is 105 cm³/mol. The average molecular weight is 354 g/mol. The second-order valence-electron chi connectivity index (χ2n) is 8.92. The first-order chi connectivity index (χ1) is 12.1. The van der Waals surface area contributed by atoms with E-state index in [-0.39, 0.29) is 11.3 Å². The molecule has 26 heavy (non-hydrogen) atoms. The van der Waals surface area contributed by atoms with Gasteiger partial charge in [-0.05, 0) is 49.1 Å². The molecule has 1 heterocycles. The number of benzene rings is 1. The zero-order valence-electron chi connectivity index (χ0n) is 16.8. The van der Waals surface area contributed by atoms with E-state index in [0.717, 1.165) is 46.5 Å². The van der Waals surface area contributed by atoms with Gasteiger partial charge in [0.15, 0.2) is 0 Å². The number of aromatic nitrogens is 1. The largest absolute Gasteiger partial charge is 0.388 e. The lowest BCUT2D eigenvalue weighted by molar-refractivity contribution is 0.0968. The summed E-state index contributed by atoms with van der Waals surface area (Å²) in [6.07, 6.45) is 0.337. The molecule has 0 spiro atoms. The van der Waals surface area contributed by atoms with Crippen molar-refractivity contribution in [2.45, 2.75) is 72.5 Å². The Morgan fingerprint density at radius 3 is 2.31 bits per heavy atom. The van der Waals surface area contributed by atoms with E-state index in [0.29, 0.717) is 0 Å². The lowest BCUT2D eigenvalue weighted by Crippen LogP contribution is -2.29. The van der Waals surface area contributed by atoms with Gasteiger partial charge in [0.05, 0.1) is 6.10 Å². The van der Waals surface area contributed by atoms with Crippen molar-refractivity contribution in [3.8, 4) is 0 Å². The molecule has 1 aliphatic carbocycles. The first-order valence-electron chi connectivity index (χ1n) is 9.56. The van der Waals surface area contributed by atoms with Gasteiger partial charge in [0.1, 0.15) is 6.10 Å². The SMILES string of the molecule is Cc1ccc([C@H](O)c2c(C(C)C)nc3c(c2C)C(O)CC(C)(C)C3)cc1. The summed E-state index contributed by atoms with van der Waals surface area (Å²) >= 11 is 0. The highest BCUT2D eigenvalue weighted by atomic mass is 16.3. The quantitative estimate of drug-likeness (QED) is 0.824. The highest BCUT2D eigenvalue weighted by molar-refractivity contribution is 5.47. The van der Waals surface area contributed by atoms with E-state index in [4.69, 9.17) is 4.98 Å². The second-order valence-corrected chi connectivity index (χ2v) is 8.92. The Morgan fingerprint density at radius 1 is 1.12 bits per heavy atom. The van der Waals surface area contributed by atoms with Crippen LogP contribution in [-0.2, 0) is 6.42 Å². The molecule has 3 heteroatoms. The molecule has 2 atom stereocenters. The third-order valence-corrected chi connectivity index (χ3v) is 5.59.